The van der Waals surface area contributed by atoms with Gasteiger partial charge in [-0.1, -0.05) is 43.9 Å². The summed E-state index contributed by atoms with van der Waals surface area (Å²) >= 11 is 0. The zero-order chi connectivity index (χ0) is 19.6. The number of oxazole rings is 1. The second kappa shape index (κ2) is 10.4. The third-order valence-electron chi connectivity index (χ3n) is 4.00. The van der Waals surface area contributed by atoms with Crippen LogP contribution in [0.25, 0.3) is 11.1 Å². The van der Waals surface area contributed by atoms with Crippen molar-refractivity contribution in [3.63, 3.8) is 0 Å². The molecule has 0 unspecified atom stereocenters. The lowest BCUT2D eigenvalue weighted by molar-refractivity contribution is 0.534. The van der Waals surface area contributed by atoms with Crippen LogP contribution < -0.4 is 0 Å². The average Bonchev–Trinajstić information content (AvgIpc) is 3.19. The Kier molecular flexibility index (Phi) is 7.86. The van der Waals surface area contributed by atoms with E-state index in [0.717, 1.165) is 11.3 Å². The van der Waals surface area contributed by atoms with Crippen LogP contribution in [0.3, 0.4) is 0 Å². The summed E-state index contributed by atoms with van der Waals surface area (Å²) in [5.74, 6) is 0.176. The Balaban J connectivity index is 2.12. The van der Waals surface area contributed by atoms with Crippen molar-refractivity contribution < 1.29 is 13.2 Å². The Morgan fingerprint density at radius 2 is 2.26 bits per heavy atom. The third kappa shape index (κ3) is 6.13. The number of hydrogen-bond donors (Lipinski definition) is 0. The summed E-state index contributed by atoms with van der Waals surface area (Å²) in [7, 11) is 0. The van der Waals surface area contributed by atoms with Crippen molar-refractivity contribution in [1.29, 1.82) is 0 Å². The number of halogens is 2. The van der Waals surface area contributed by atoms with Crippen LogP contribution in [0.2, 0.25) is 0 Å². The molecule has 0 bridgehead atoms. The first-order chi connectivity index (χ1) is 13.1. The summed E-state index contributed by atoms with van der Waals surface area (Å²) in [6.45, 7) is 6.97. The molecule has 1 heterocycles. The average molecular weight is 370 g/mol. The molecule has 0 aromatic carbocycles. The molecule has 0 radical (unpaired) electrons. The van der Waals surface area contributed by atoms with Crippen LogP contribution >= 0.6 is 0 Å². The Morgan fingerprint density at radius 1 is 1.44 bits per heavy atom. The summed E-state index contributed by atoms with van der Waals surface area (Å²) in [4.78, 5) is 8.80. The topological polar surface area (TPSA) is 38.4 Å². The van der Waals surface area contributed by atoms with Gasteiger partial charge in [0.15, 0.2) is 0 Å². The van der Waals surface area contributed by atoms with Gasteiger partial charge in [-0.25, -0.2) is 13.8 Å². The normalized spacial score (nSPS) is 17.0. The Hall–Kier alpha value is -2.82. The fourth-order valence-electron chi connectivity index (χ4n) is 2.29. The smallest absolute Gasteiger partial charge is 0.225 e. The molecule has 0 saturated heterocycles. The summed E-state index contributed by atoms with van der Waals surface area (Å²) in [6, 6.07) is 0. The number of aromatic nitrogens is 1. The van der Waals surface area contributed by atoms with Crippen LogP contribution in [-0.4, -0.2) is 17.4 Å². The maximum Gasteiger partial charge on any atom is 0.225 e. The van der Waals surface area contributed by atoms with Gasteiger partial charge in [-0.15, -0.1) is 0 Å². The molecule has 0 saturated carbocycles. The number of allylic oxidation sites excluding steroid dienone is 10. The molecule has 1 aliphatic rings. The molecule has 2 rings (SSSR count). The molecule has 0 spiro atoms. The monoisotopic (exact) mass is 370 g/mol. The standard InChI is InChI=1S/C22H24F2N2O/c1-4-17(13-23)14-25-20-11-7-9-18(12-20)21-15-27-22(26-21)16(3)8-6-10-19(24)5-2/h5-9,12,14-15H,3-4,10-11,13H2,1-2H3/b8-6-,17-14+,19-5+,25-20?. The van der Waals surface area contributed by atoms with Crippen molar-refractivity contribution in [2.45, 2.75) is 33.1 Å². The van der Waals surface area contributed by atoms with E-state index in [2.05, 4.69) is 16.6 Å². The van der Waals surface area contributed by atoms with E-state index in [9.17, 15) is 8.78 Å². The second-order valence-electron chi connectivity index (χ2n) is 6.01. The number of nitrogens with zero attached hydrogens (tertiary/aromatic N) is 2. The first-order valence-corrected chi connectivity index (χ1v) is 8.88. The van der Waals surface area contributed by atoms with Gasteiger partial charge in [-0.3, -0.25) is 4.99 Å². The van der Waals surface area contributed by atoms with Crippen LogP contribution in [0.5, 0.6) is 0 Å². The van der Waals surface area contributed by atoms with Crippen molar-refractivity contribution in [2.75, 3.05) is 6.67 Å². The van der Waals surface area contributed by atoms with Gasteiger partial charge in [0, 0.05) is 35.9 Å². The van der Waals surface area contributed by atoms with Gasteiger partial charge in [0.2, 0.25) is 5.89 Å². The van der Waals surface area contributed by atoms with Crippen molar-refractivity contribution in [1.82, 2.24) is 4.98 Å². The first kappa shape index (κ1) is 20.5. The van der Waals surface area contributed by atoms with Crippen LogP contribution in [0.15, 0.2) is 76.3 Å². The highest BCUT2D eigenvalue weighted by atomic mass is 19.1. The quantitative estimate of drug-likeness (QED) is 0.486. The van der Waals surface area contributed by atoms with E-state index in [-0.39, 0.29) is 12.2 Å². The molecule has 142 valence electrons. The highest BCUT2D eigenvalue weighted by molar-refractivity contribution is 6.05. The number of alkyl halides is 1. The van der Waals surface area contributed by atoms with E-state index in [1.807, 2.05) is 25.2 Å². The van der Waals surface area contributed by atoms with Crippen LogP contribution in [0, 0.1) is 0 Å². The zero-order valence-electron chi connectivity index (χ0n) is 15.7. The molecular weight excluding hydrogens is 346 g/mol. The zero-order valence-corrected chi connectivity index (χ0v) is 15.7. The molecule has 0 amide bonds. The van der Waals surface area contributed by atoms with Gasteiger partial charge in [0.25, 0.3) is 0 Å². The lowest BCUT2D eigenvalue weighted by Crippen LogP contribution is -1.98. The lowest BCUT2D eigenvalue weighted by Gasteiger charge is -2.06. The lowest BCUT2D eigenvalue weighted by atomic mass is 10.0. The maximum atomic E-state index is 13.1. The Bertz CT molecular complexity index is 845. The SMILES string of the molecule is C=C(/C=C\C/C(F)=C\C)c1nc(C2=CC(=N/C=C(\CC)CF)CC=C2)co1. The number of hydrogen-bond acceptors (Lipinski definition) is 3. The van der Waals surface area contributed by atoms with Crippen LogP contribution in [0.1, 0.15) is 44.7 Å². The molecule has 1 aliphatic carbocycles. The molecule has 3 nitrogen and oxygen atoms in total. The first-order valence-electron chi connectivity index (χ1n) is 8.88. The third-order valence-corrected chi connectivity index (χ3v) is 4.00. The molecular formula is C22H24F2N2O. The minimum Gasteiger partial charge on any atom is -0.444 e. The molecule has 0 atom stereocenters. The fourth-order valence-corrected chi connectivity index (χ4v) is 2.29. The predicted octanol–water partition coefficient (Wildman–Crippen LogP) is 6.56. The predicted molar refractivity (Wildman–Crippen MR) is 108 cm³/mol. The van der Waals surface area contributed by atoms with Gasteiger partial charge in [0.1, 0.15) is 18.6 Å². The van der Waals surface area contributed by atoms with Gasteiger partial charge >= 0.3 is 0 Å². The van der Waals surface area contributed by atoms with Crippen LogP contribution in [0.4, 0.5) is 8.78 Å². The van der Waals surface area contributed by atoms with E-state index in [4.69, 9.17) is 4.42 Å². The molecule has 27 heavy (non-hydrogen) atoms. The van der Waals surface area contributed by atoms with Crippen molar-refractivity contribution >= 4 is 16.9 Å². The highest BCUT2D eigenvalue weighted by Crippen LogP contribution is 2.23. The van der Waals surface area contributed by atoms with Gasteiger partial charge in [0.05, 0.1) is 5.83 Å². The van der Waals surface area contributed by atoms with Crippen LogP contribution in [-0.2, 0) is 0 Å². The largest absolute Gasteiger partial charge is 0.444 e. The Morgan fingerprint density at radius 3 is 2.96 bits per heavy atom. The minimum atomic E-state index is -0.486. The van der Waals surface area contributed by atoms with E-state index in [1.54, 1.807) is 31.5 Å². The van der Waals surface area contributed by atoms with E-state index in [1.165, 1.54) is 6.08 Å². The van der Waals surface area contributed by atoms with Crippen molar-refractivity contribution in [3.05, 3.63) is 78.5 Å². The van der Waals surface area contributed by atoms with Crippen molar-refractivity contribution in [3.8, 4) is 0 Å². The number of rotatable bonds is 8. The van der Waals surface area contributed by atoms with Gasteiger partial charge in [-0.2, -0.15) is 0 Å². The van der Waals surface area contributed by atoms with Gasteiger partial charge in [-0.05, 0) is 25.0 Å². The molecule has 0 aliphatic heterocycles. The molecule has 0 N–H and O–H groups in total. The fraction of sp³-hybridized carbons (Fsp3) is 0.273. The van der Waals surface area contributed by atoms with E-state index in [0.29, 0.717) is 35.6 Å². The molecule has 5 heteroatoms. The summed E-state index contributed by atoms with van der Waals surface area (Å²) in [5, 5.41) is 0. The summed E-state index contributed by atoms with van der Waals surface area (Å²) < 4.78 is 31.4. The summed E-state index contributed by atoms with van der Waals surface area (Å²) in [5.41, 5.74) is 3.58. The molecule has 1 aromatic heterocycles. The highest BCUT2D eigenvalue weighted by Gasteiger charge is 2.11. The maximum absolute atomic E-state index is 13.1. The van der Waals surface area contributed by atoms with Gasteiger partial charge < -0.3 is 4.42 Å². The minimum absolute atomic E-state index is 0.204. The van der Waals surface area contributed by atoms with E-state index < -0.39 is 6.67 Å². The van der Waals surface area contributed by atoms with Crippen molar-refractivity contribution in [2.24, 2.45) is 4.99 Å². The molecule has 1 aromatic rings. The second-order valence-corrected chi connectivity index (χ2v) is 6.01. The molecule has 0 fully saturated rings. The van der Waals surface area contributed by atoms with E-state index >= 15 is 0 Å². The summed E-state index contributed by atoms with van der Waals surface area (Å²) in [6.07, 6.45) is 15.3. The Labute approximate surface area is 158 Å². The number of aliphatic imine (C=N–C) groups is 1.